The summed E-state index contributed by atoms with van der Waals surface area (Å²) >= 11 is 0. The van der Waals surface area contributed by atoms with E-state index in [0.29, 0.717) is 28.2 Å². The smallest absolute Gasteiger partial charge is 0.181 e. The quantitative estimate of drug-likeness (QED) is 0.198. The summed E-state index contributed by atoms with van der Waals surface area (Å²) in [4.78, 5) is 19.9. The molecule has 2 N–H and O–H groups in total. The molecule has 40 heavy (non-hydrogen) atoms. The second kappa shape index (κ2) is 11.4. The molecule has 1 saturated heterocycles. The first-order chi connectivity index (χ1) is 19.6. The second-order valence-electron chi connectivity index (χ2n) is 10.2. The maximum atomic E-state index is 13.9. The SMILES string of the molecule is C=C/C(=C\C(=C/C)c1cnc2n[nH]c(-c3nc4c(-c5cccc(F)c5)nccc4[nH]3)c2c1)CCCN1CCCC1. The highest BCUT2D eigenvalue weighted by molar-refractivity contribution is 5.96. The minimum Gasteiger partial charge on any atom is -0.337 e. The van der Waals surface area contributed by atoms with Gasteiger partial charge in [-0.05, 0) is 87.7 Å². The van der Waals surface area contributed by atoms with Crippen molar-refractivity contribution >= 4 is 27.6 Å². The van der Waals surface area contributed by atoms with Gasteiger partial charge in [0.25, 0.3) is 0 Å². The van der Waals surface area contributed by atoms with Crippen LogP contribution in [0.5, 0.6) is 0 Å². The van der Waals surface area contributed by atoms with Crippen molar-refractivity contribution in [3.63, 3.8) is 0 Å². The number of hydrogen-bond acceptors (Lipinski definition) is 5. The van der Waals surface area contributed by atoms with Crippen molar-refractivity contribution in [1.29, 1.82) is 0 Å². The van der Waals surface area contributed by atoms with E-state index >= 15 is 0 Å². The lowest BCUT2D eigenvalue weighted by Gasteiger charge is -2.14. The van der Waals surface area contributed by atoms with Gasteiger partial charge in [-0.2, -0.15) is 5.10 Å². The number of aromatic nitrogens is 6. The van der Waals surface area contributed by atoms with Gasteiger partial charge in [0.1, 0.15) is 17.0 Å². The molecule has 0 amide bonds. The zero-order valence-corrected chi connectivity index (χ0v) is 22.6. The molecule has 0 saturated carbocycles. The maximum Gasteiger partial charge on any atom is 0.181 e. The third-order valence-corrected chi connectivity index (χ3v) is 7.53. The number of halogens is 1. The van der Waals surface area contributed by atoms with E-state index < -0.39 is 0 Å². The third-order valence-electron chi connectivity index (χ3n) is 7.53. The van der Waals surface area contributed by atoms with Crippen LogP contribution in [0.4, 0.5) is 4.39 Å². The molecule has 8 heteroatoms. The number of fused-ring (bicyclic) bond motifs is 2. The zero-order valence-electron chi connectivity index (χ0n) is 22.6. The molecule has 1 aliphatic heterocycles. The van der Waals surface area contributed by atoms with Crippen molar-refractivity contribution in [3.05, 3.63) is 90.6 Å². The average Bonchev–Trinajstić information content (AvgIpc) is 3.74. The van der Waals surface area contributed by atoms with Gasteiger partial charge in [0.2, 0.25) is 0 Å². The first kappa shape index (κ1) is 25.8. The summed E-state index contributed by atoms with van der Waals surface area (Å²) in [5.74, 6) is 0.304. The number of rotatable bonds is 9. The normalized spacial score (nSPS) is 14.9. The lowest BCUT2D eigenvalue weighted by atomic mass is 10.0. The van der Waals surface area contributed by atoms with Crippen LogP contribution >= 0.6 is 0 Å². The Morgan fingerprint density at radius 1 is 1.15 bits per heavy atom. The van der Waals surface area contributed by atoms with Crippen LogP contribution in [0, 0.1) is 5.82 Å². The summed E-state index contributed by atoms with van der Waals surface area (Å²) < 4.78 is 13.9. The summed E-state index contributed by atoms with van der Waals surface area (Å²) in [5, 5.41) is 8.39. The first-order valence-corrected chi connectivity index (χ1v) is 13.8. The van der Waals surface area contributed by atoms with E-state index in [1.807, 2.05) is 31.3 Å². The average molecular weight is 534 g/mol. The molecule has 6 rings (SSSR count). The second-order valence-corrected chi connectivity index (χ2v) is 10.2. The lowest BCUT2D eigenvalue weighted by molar-refractivity contribution is 0.334. The highest BCUT2D eigenvalue weighted by Gasteiger charge is 2.17. The number of nitrogens with zero attached hydrogens (tertiary/aromatic N) is 5. The van der Waals surface area contributed by atoms with Gasteiger partial charge in [0.05, 0.1) is 16.6 Å². The Hall–Kier alpha value is -4.43. The molecule has 202 valence electrons. The Kier molecular flexibility index (Phi) is 7.33. The predicted molar refractivity (Wildman–Crippen MR) is 159 cm³/mol. The van der Waals surface area contributed by atoms with Crippen LogP contribution in [0.1, 0.15) is 38.2 Å². The van der Waals surface area contributed by atoms with E-state index in [2.05, 4.69) is 54.8 Å². The predicted octanol–water partition coefficient (Wildman–Crippen LogP) is 7.09. The van der Waals surface area contributed by atoms with Crippen LogP contribution < -0.4 is 0 Å². The number of aromatic amines is 2. The summed E-state index contributed by atoms with van der Waals surface area (Å²) in [6, 6.07) is 10.3. The molecular formula is C32H32FN7. The number of hydrogen-bond donors (Lipinski definition) is 2. The molecule has 0 atom stereocenters. The van der Waals surface area contributed by atoms with Gasteiger partial charge >= 0.3 is 0 Å². The Balaban J connectivity index is 1.31. The number of nitrogens with one attached hydrogen (secondary N) is 2. The number of pyridine rings is 2. The Morgan fingerprint density at radius 3 is 2.83 bits per heavy atom. The largest absolute Gasteiger partial charge is 0.337 e. The minimum absolute atomic E-state index is 0.315. The molecule has 5 aromatic rings. The molecular weight excluding hydrogens is 501 g/mol. The van der Waals surface area contributed by atoms with E-state index in [1.54, 1.807) is 12.3 Å². The summed E-state index contributed by atoms with van der Waals surface area (Å²) in [7, 11) is 0. The highest BCUT2D eigenvalue weighted by atomic mass is 19.1. The Bertz CT molecular complexity index is 1740. The number of allylic oxidation sites excluding steroid dienone is 5. The topological polar surface area (TPSA) is 86.4 Å². The molecule has 7 nitrogen and oxygen atoms in total. The molecule has 1 aromatic carbocycles. The van der Waals surface area contributed by atoms with Gasteiger partial charge < -0.3 is 9.88 Å². The molecule has 0 radical (unpaired) electrons. The Labute approximate surface area is 232 Å². The summed E-state index contributed by atoms with van der Waals surface area (Å²) in [6.45, 7) is 9.68. The van der Waals surface area contributed by atoms with Gasteiger partial charge in [-0.15, -0.1) is 0 Å². The van der Waals surface area contributed by atoms with Gasteiger partial charge in [-0.25, -0.2) is 14.4 Å². The highest BCUT2D eigenvalue weighted by Crippen LogP contribution is 2.31. The van der Waals surface area contributed by atoms with Crippen LogP contribution in [0.25, 0.3) is 50.4 Å². The molecule has 0 bridgehead atoms. The fraction of sp³-hybridized carbons (Fsp3) is 0.250. The Morgan fingerprint density at radius 2 is 2.02 bits per heavy atom. The lowest BCUT2D eigenvalue weighted by Crippen LogP contribution is -2.20. The molecule has 5 heterocycles. The van der Waals surface area contributed by atoms with Crippen molar-refractivity contribution in [2.75, 3.05) is 19.6 Å². The van der Waals surface area contributed by atoms with Crippen molar-refractivity contribution in [2.45, 2.75) is 32.6 Å². The molecule has 0 spiro atoms. The molecule has 0 unspecified atom stereocenters. The van der Waals surface area contributed by atoms with Crippen LogP contribution in [-0.4, -0.2) is 54.7 Å². The molecule has 1 aliphatic rings. The van der Waals surface area contributed by atoms with Gasteiger partial charge in [0, 0.05) is 23.5 Å². The van der Waals surface area contributed by atoms with Gasteiger partial charge in [-0.1, -0.05) is 36.9 Å². The fourth-order valence-electron chi connectivity index (χ4n) is 5.42. The monoisotopic (exact) mass is 533 g/mol. The van der Waals surface area contributed by atoms with Crippen LogP contribution in [0.15, 0.2) is 79.2 Å². The van der Waals surface area contributed by atoms with Crippen LogP contribution in [0.3, 0.4) is 0 Å². The number of benzene rings is 1. The maximum absolute atomic E-state index is 13.9. The van der Waals surface area contributed by atoms with Crippen LogP contribution in [-0.2, 0) is 0 Å². The van der Waals surface area contributed by atoms with Crippen molar-refractivity contribution in [3.8, 4) is 22.8 Å². The van der Waals surface area contributed by atoms with E-state index in [9.17, 15) is 4.39 Å². The molecule has 4 aromatic heterocycles. The van der Waals surface area contributed by atoms with Gasteiger partial charge in [0.15, 0.2) is 11.5 Å². The number of likely N-dealkylation sites (tertiary alicyclic amines) is 1. The van der Waals surface area contributed by atoms with E-state index in [4.69, 9.17) is 4.98 Å². The van der Waals surface area contributed by atoms with Crippen molar-refractivity contribution in [1.82, 2.24) is 35.0 Å². The standard InChI is InChI=1S/C32H32FN7/c1-3-21(9-8-16-40-14-5-6-15-40)17-22(4-2)24-19-26-29(38-39-31(26)35-20-24)32-36-27-12-13-34-28(30(27)37-32)23-10-7-11-25(33)18-23/h3-4,7,10-13,17-20H,1,5-6,8-9,14-16H2,2H3,(H,36,37)(H,35,38,39)/b21-17+,22-4+. The van der Waals surface area contributed by atoms with Gasteiger partial charge in [-0.3, -0.25) is 10.1 Å². The fourth-order valence-corrected chi connectivity index (χ4v) is 5.42. The third kappa shape index (κ3) is 5.22. The number of H-pyrrole nitrogens is 2. The van der Waals surface area contributed by atoms with Crippen molar-refractivity contribution in [2.24, 2.45) is 0 Å². The van der Waals surface area contributed by atoms with Crippen molar-refractivity contribution < 1.29 is 4.39 Å². The molecule has 0 aliphatic carbocycles. The minimum atomic E-state index is -0.315. The van der Waals surface area contributed by atoms with Crippen LogP contribution in [0.2, 0.25) is 0 Å². The van der Waals surface area contributed by atoms with E-state index in [-0.39, 0.29) is 5.82 Å². The number of imidazole rings is 1. The van der Waals surface area contributed by atoms with E-state index in [1.165, 1.54) is 43.6 Å². The van der Waals surface area contributed by atoms with E-state index in [0.717, 1.165) is 47.1 Å². The summed E-state index contributed by atoms with van der Waals surface area (Å²) in [6.07, 6.45) is 14.6. The zero-order chi connectivity index (χ0) is 27.5. The summed E-state index contributed by atoms with van der Waals surface area (Å²) in [5.41, 5.74) is 7.39. The molecule has 1 fully saturated rings. The first-order valence-electron chi connectivity index (χ1n) is 13.8.